The zero-order valence-electron chi connectivity index (χ0n) is 17.5. The monoisotopic (exact) mass is 454 g/mol. The number of hydrogen-bond acceptors (Lipinski definition) is 7. The minimum atomic E-state index is -0.111. The second-order valence-electron chi connectivity index (χ2n) is 7.59. The Morgan fingerprint density at radius 1 is 1.38 bits per heavy atom. The largest absolute Gasteiger partial charge is 0.493 e. The van der Waals surface area contributed by atoms with E-state index in [-0.39, 0.29) is 12.0 Å². The maximum Gasteiger partial charge on any atom is 0.253 e. The van der Waals surface area contributed by atoms with Crippen LogP contribution in [0.4, 0.5) is 11.6 Å². The number of benzene rings is 1. The predicted molar refractivity (Wildman–Crippen MR) is 121 cm³/mol. The van der Waals surface area contributed by atoms with Crippen LogP contribution >= 0.6 is 11.6 Å². The molecular weight excluding hydrogens is 432 g/mol. The van der Waals surface area contributed by atoms with E-state index in [0.29, 0.717) is 53.2 Å². The molecule has 0 bridgehead atoms. The molecule has 166 valence electrons. The number of nitrogens with one attached hydrogen (secondary N) is 3. The molecule has 3 N–H and O–H groups in total. The van der Waals surface area contributed by atoms with Gasteiger partial charge in [-0.1, -0.05) is 17.7 Å². The van der Waals surface area contributed by atoms with Crippen molar-refractivity contribution in [3.63, 3.8) is 0 Å². The van der Waals surface area contributed by atoms with E-state index in [1.807, 2.05) is 28.9 Å². The molecule has 32 heavy (non-hydrogen) atoms. The van der Waals surface area contributed by atoms with Gasteiger partial charge in [0.15, 0.2) is 5.75 Å². The van der Waals surface area contributed by atoms with Crippen molar-refractivity contribution >= 4 is 29.1 Å². The van der Waals surface area contributed by atoms with Crippen LogP contribution in [0.25, 0.3) is 11.4 Å². The molecule has 10 heteroatoms. The lowest BCUT2D eigenvalue weighted by Crippen LogP contribution is -2.33. The minimum Gasteiger partial charge on any atom is -0.493 e. The van der Waals surface area contributed by atoms with Gasteiger partial charge in [-0.25, -0.2) is 9.97 Å². The molecule has 2 aromatic heterocycles. The topological polar surface area (TPSA) is 102 Å². The van der Waals surface area contributed by atoms with Crippen molar-refractivity contribution in [2.45, 2.75) is 18.9 Å². The van der Waals surface area contributed by atoms with Crippen LogP contribution in [0.5, 0.6) is 5.75 Å². The van der Waals surface area contributed by atoms with Crippen molar-refractivity contribution in [2.75, 3.05) is 37.5 Å². The fourth-order valence-electron chi connectivity index (χ4n) is 3.86. The number of anilines is 2. The van der Waals surface area contributed by atoms with Gasteiger partial charge in [0.05, 0.1) is 46.6 Å². The summed E-state index contributed by atoms with van der Waals surface area (Å²) in [6.07, 6.45) is 3.59. The summed E-state index contributed by atoms with van der Waals surface area (Å²) in [5.74, 6) is 0.919. The van der Waals surface area contributed by atoms with Crippen LogP contribution in [0.1, 0.15) is 22.5 Å². The zero-order valence-corrected chi connectivity index (χ0v) is 18.3. The van der Waals surface area contributed by atoms with Gasteiger partial charge < -0.3 is 20.1 Å². The summed E-state index contributed by atoms with van der Waals surface area (Å²) in [5.41, 5.74) is 6.93. The molecule has 2 aliphatic heterocycles. The fourth-order valence-corrected chi connectivity index (χ4v) is 4.11. The van der Waals surface area contributed by atoms with Crippen LogP contribution < -0.4 is 20.8 Å². The molecule has 5 rings (SSSR count). The lowest BCUT2D eigenvalue weighted by Gasteiger charge is -2.26. The first kappa shape index (κ1) is 20.6. The molecule has 1 fully saturated rings. The second kappa shape index (κ2) is 8.68. The lowest BCUT2D eigenvalue weighted by atomic mass is 10.1. The third-order valence-corrected chi connectivity index (χ3v) is 5.89. The molecule has 2 aliphatic rings. The fraction of sp³-hybridized carbons (Fsp3) is 0.318. The van der Waals surface area contributed by atoms with Crippen molar-refractivity contribution in [1.29, 1.82) is 0 Å². The number of carbonyl (C=O) groups is 1. The Morgan fingerprint density at radius 2 is 2.25 bits per heavy atom. The van der Waals surface area contributed by atoms with E-state index in [1.165, 1.54) is 0 Å². The number of amides is 1. The van der Waals surface area contributed by atoms with Crippen molar-refractivity contribution in [3.05, 3.63) is 52.8 Å². The van der Waals surface area contributed by atoms with Crippen LogP contribution in [0.15, 0.2) is 36.5 Å². The van der Waals surface area contributed by atoms with Crippen molar-refractivity contribution < 1.29 is 14.3 Å². The molecule has 4 heterocycles. The van der Waals surface area contributed by atoms with E-state index in [1.54, 1.807) is 19.4 Å². The van der Waals surface area contributed by atoms with Gasteiger partial charge in [-0.15, -0.1) is 0 Å². The molecule has 1 saturated heterocycles. The quantitative estimate of drug-likeness (QED) is 0.504. The first-order chi connectivity index (χ1) is 15.6. The number of fused-ring (bicyclic) bond motifs is 1. The van der Waals surface area contributed by atoms with E-state index in [0.717, 1.165) is 24.4 Å². The summed E-state index contributed by atoms with van der Waals surface area (Å²) >= 11 is 6.31. The van der Waals surface area contributed by atoms with Crippen LogP contribution in [-0.4, -0.2) is 53.5 Å². The average molecular weight is 455 g/mol. The minimum absolute atomic E-state index is 0.111. The molecule has 1 aromatic carbocycles. The van der Waals surface area contributed by atoms with Gasteiger partial charge in [0.25, 0.3) is 5.91 Å². The number of hydrogen-bond donors (Lipinski definition) is 3. The average Bonchev–Trinajstić information content (AvgIpc) is 3.13. The Balaban J connectivity index is 1.54. The van der Waals surface area contributed by atoms with E-state index >= 15 is 0 Å². The first-order valence-electron chi connectivity index (χ1n) is 10.5. The Hall–Kier alpha value is -3.30. The van der Waals surface area contributed by atoms with Gasteiger partial charge in [-0.3, -0.25) is 14.9 Å². The number of carbonyl (C=O) groups excluding carboxylic acids is 1. The normalized spacial score (nSPS) is 17.2. The van der Waals surface area contributed by atoms with Gasteiger partial charge in [-0.2, -0.15) is 0 Å². The summed E-state index contributed by atoms with van der Waals surface area (Å²) in [6.45, 7) is 2.01. The van der Waals surface area contributed by atoms with Gasteiger partial charge in [-0.05, 0) is 30.7 Å². The molecule has 9 nitrogen and oxygen atoms in total. The first-order valence-corrected chi connectivity index (χ1v) is 10.8. The Morgan fingerprint density at radius 3 is 3.03 bits per heavy atom. The predicted octanol–water partition coefficient (Wildman–Crippen LogP) is 2.97. The second-order valence-corrected chi connectivity index (χ2v) is 8.00. The number of methoxy groups -OCH3 is 1. The highest BCUT2D eigenvalue weighted by Gasteiger charge is 2.26. The Labute approximate surface area is 190 Å². The summed E-state index contributed by atoms with van der Waals surface area (Å²) in [6, 6.07) is 9.13. The number of aromatic nitrogens is 3. The highest BCUT2D eigenvalue weighted by atomic mass is 35.5. The zero-order chi connectivity index (χ0) is 22.1. The third kappa shape index (κ3) is 3.85. The molecule has 0 saturated carbocycles. The van der Waals surface area contributed by atoms with Crippen molar-refractivity contribution in [1.82, 2.24) is 20.0 Å². The van der Waals surface area contributed by atoms with Crippen LogP contribution in [0, 0.1) is 0 Å². The SMILES string of the molecule is COc1c(Cl)cccc1Nn1c(-c2ccnc(NC[C@H]3CCO3)n2)cc2c1CCNC2=O. The van der Waals surface area contributed by atoms with E-state index < -0.39 is 0 Å². The third-order valence-electron chi connectivity index (χ3n) is 5.60. The Bertz CT molecular complexity index is 1160. The number of para-hydroxylation sites is 1. The van der Waals surface area contributed by atoms with E-state index in [4.69, 9.17) is 21.1 Å². The van der Waals surface area contributed by atoms with Gasteiger partial charge >= 0.3 is 0 Å². The molecule has 3 aromatic rings. The van der Waals surface area contributed by atoms with E-state index in [2.05, 4.69) is 26.0 Å². The van der Waals surface area contributed by atoms with Gasteiger partial charge in [0, 0.05) is 32.3 Å². The molecule has 0 radical (unpaired) electrons. The smallest absolute Gasteiger partial charge is 0.253 e. The molecule has 1 amide bonds. The molecule has 1 atom stereocenters. The van der Waals surface area contributed by atoms with Crippen molar-refractivity contribution in [3.8, 4) is 17.1 Å². The maximum atomic E-state index is 12.5. The standard InChI is InChI=1S/C22H23ClN6O3/c1-31-20-15(23)3-2-4-17(20)28-29-18-6-9-24-21(30)14(18)11-19(29)16-5-8-25-22(27-16)26-12-13-7-10-32-13/h2-5,8,11,13,28H,6-7,9-10,12H2,1H3,(H,24,30)(H,25,26,27)/t13-/m1/s1. The number of nitrogens with zero attached hydrogens (tertiary/aromatic N) is 3. The number of halogens is 1. The molecule has 0 aliphatic carbocycles. The lowest BCUT2D eigenvalue weighted by molar-refractivity contribution is -0.0411. The number of rotatable bonds is 7. The summed E-state index contributed by atoms with van der Waals surface area (Å²) < 4.78 is 12.8. The van der Waals surface area contributed by atoms with Crippen LogP contribution in [0.2, 0.25) is 5.02 Å². The Kier molecular flexibility index (Phi) is 5.59. The van der Waals surface area contributed by atoms with Crippen LogP contribution in [0.3, 0.4) is 0 Å². The van der Waals surface area contributed by atoms with Gasteiger partial charge in [0.2, 0.25) is 5.95 Å². The number of ether oxygens (including phenoxy) is 2. The van der Waals surface area contributed by atoms with Crippen LogP contribution in [-0.2, 0) is 11.2 Å². The summed E-state index contributed by atoms with van der Waals surface area (Å²) in [5, 5.41) is 6.62. The maximum absolute atomic E-state index is 12.5. The van der Waals surface area contributed by atoms with E-state index in [9.17, 15) is 4.79 Å². The highest BCUT2D eigenvalue weighted by molar-refractivity contribution is 6.32. The molecule has 0 unspecified atom stereocenters. The summed E-state index contributed by atoms with van der Waals surface area (Å²) in [4.78, 5) is 21.5. The van der Waals surface area contributed by atoms with Crippen molar-refractivity contribution in [2.24, 2.45) is 0 Å². The highest BCUT2D eigenvalue weighted by Crippen LogP contribution is 2.35. The summed E-state index contributed by atoms with van der Waals surface area (Å²) in [7, 11) is 1.57. The molecular formula is C22H23ClN6O3. The van der Waals surface area contributed by atoms with Gasteiger partial charge in [0.1, 0.15) is 0 Å². The molecule has 0 spiro atoms.